The van der Waals surface area contributed by atoms with Gasteiger partial charge in [-0.15, -0.1) is 0 Å². The minimum absolute atomic E-state index is 0.201. The molecule has 0 aromatic heterocycles. The number of nitrogens with one attached hydrogen (secondary N) is 2. The molecule has 7 nitrogen and oxygen atoms in total. The molecule has 0 heterocycles. The lowest BCUT2D eigenvalue weighted by atomic mass is 10.1. The number of ether oxygens (including phenoxy) is 2. The Morgan fingerprint density at radius 3 is 2.21 bits per heavy atom. The third kappa shape index (κ3) is 5.13. The first-order chi connectivity index (χ1) is 14.0. The van der Waals surface area contributed by atoms with Gasteiger partial charge in [0.15, 0.2) is 0 Å². The van der Waals surface area contributed by atoms with E-state index in [0.717, 1.165) is 5.75 Å². The van der Waals surface area contributed by atoms with E-state index in [1.165, 1.54) is 0 Å². The summed E-state index contributed by atoms with van der Waals surface area (Å²) in [7, 11) is 0. The summed E-state index contributed by atoms with van der Waals surface area (Å²) in [5, 5.41) is 5.57. The monoisotopic (exact) mass is 396 g/mol. The normalized spacial score (nSPS) is 17.2. The van der Waals surface area contributed by atoms with Crippen molar-refractivity contribution in [1.82, 2.24) is 0 Å². The zero-order chi connectivity index (χ0) is 20.8. The van der Waals surface area contributed by atoms with Crippen LogP contribution in [-0.2, 0) is 14.3 Å². The highest BCUT2D eigenvalue weighted by molar-refractivity contribution is 6.06. The van der Waals surface area contributed by atoms with Crippen LogP contribution in [0.15, 0.2) is 48.5 Å². The predicted molar refractivity (Wildman–Crippen MR) is 109 cm³/mol. The maximum atomic E-state index is 12.5. The average molecular weight is 396 g/mol. The summed E-state index contributed by atoms with van der Waals surface area (Å²) in [5.74, 6) is -1.07. The lowest BCUT2D eigenvalue weighted by Crippen LogP contribution is -2.21. The molecule has 0 radical (unpaired) electrons. The van der Waals surface area contributed by atoms with Crippen LogP contribution in [-0.4, -0.2) is 31.0 Å². The molecule has 2 N–H and O–H groups in total. The second kappa shape index (κ2) is 9.23. The molecule has 29 heavy (non-hydrogen) atoms. The van der Waals surface area contributed by atoms with Crippen molar-refractivity contribution in [3.63, 3.8) is 0 Å². The van der Waals surface area contributed by atoms with E-state index in [1.54, 1.807) is 55.5 Å². The number of esters is 1. The summed E-state index contributed by atoms with van der Waals surface area (Å²) in [6.07, 6.45) is 0.469. The van der Waals surface area contributed by atoms with Crippen molar-refractivity contribution < 1.29 is 23.9 Å². The van der Waals surface area contributed by atoms with Crippen molar-refractivity contribution in [1.29, 1.82) is 0 Å². The molecule has 2 aromatic carbocycles. The molecule has 1 fully saturated rings. The third-order valence-electron chi connectivity index (χ3n) is 4.58. The maximum Gasteiger partial charge on any atom is 0.340 e. The van der Waals surface area contributed by atoms with Crippen molar-refractivity contribution in [3.05, 3.63) is 54.1 Å². The van der Waals surface area contributed by atoms with E-state index in [1.807, 2.05) is 6.92 Å². The fourth-order valence-corrected chi connectivity index (χ4v) is 3.02. The van der Waals surface area contributed by atoms with Crippen molar-refractivity contribution in [2.24, 2.45) is 11.8 Å². The molecule has 2 unspecified atom stereocenters. The molecule has 3 rings (SSSR count). The third-order valence-corrected chi connectivity index (χ3v) is 4.58. The molecular weight excluding hydrogens is 372 g/mol. The van der Waals surface area contributed by atoms with Gasteiger partial charge in [-0.2, -0.15) is 0 Å². The minimum Gasteiger partial charge on any atom is -0.494 e. The van der Waals surface area contributed by atoms with Crippen LogP contribution in [0.4, 0.5) is 11.4 Å². The number of hydrogen-bond donors (Lipinski definition) is 2. The Balaban J connectivity index is 1.56. The summed E-state index contributed by atoms with van der Waals surface area (Å²) in [6, 6.07) is 13.7. The summed E-state index contributed by atoms with van der Waals surface area (Å²) in [5.41, 5.74) is 1.32. The molecule has 0 spiro atoms. The van der Waals surface area contributed by atoms with Crippen LogP contribution in [0.2, 0.25) is 0 Å². The first-order valence-corrected chi connectivity index (χ1v) is 9.64. The van der Waals surface area contributed by atoms with Crippen LogP contribution >= 0.6 is 0 Å². The first-order valence-electron chi connectivity index (χ1n) is 9.64. The smallest absolute Gasteiger partial charge is 0.340 e. The van der Waals surface area contributed by atoms with Gasteiger partial charge in [0.2, 0.25) is 11.8 Å². The van der Waals surface area contributed by atoms with Gasteiger partial charge in [-0.1, -0.05) is 12.1 Å². The molecule has 1 aliphatic rings. The molecule has 2 amide bonds. The van der Waals surface area contributed by atoms with E-state index in [4.69, 9.17) is 9.47 Å². The summed E-state index contributed by atoms with van der Waals surface area (Å²) in [6.45, 7) is 4.44. The summed E-state index contributed by atoms with van der Waals surface area (Å²) >= 11 is 0. The van der Waals surface area contributed by atoms with Crippen LogP contribution in [0, 0.1) is 11.8 Å². The van der Waals surface area contributed by atoms with Crippen molar-refractivity contribution in [2.45, 2.75) is 20.3 Å². The number of rotatable bonds is 8. The fourth-order valence-electron chi connectivity index (χ4n) is 3.02. The van der Waals surface area contributed by atoms with E-state index in [9.17, 15) is 14.4 Å². The van der Waals surface area contributed by atoms with Gasteiger partial charge in [0.05, 0.1) is 36.3 Å². The van der Waals surface area contributed by atoms with Gasteiger partial charge < -0.3 is 20.1 Å². The molecule has 2 atom stereocenters. The molecule has 7 heteroatoms. The Labute approximate surface area is 169 Å². The van der Waals surface area contributed by atoms with Crippen LogP contribution in [0.3, 0.4) is 0 Å². The molecule has 1 saturated carbocycles. The van der Waals surface area contributed by atoms with Crippen LogP contribution in [0.1, 0.15) is 30.6 Å². The van der Waals surface area contributed by atoms with Gasteiger partial charge in [0.25, 0.3) is 0 Å². The standard InChI is InChI=1S/C22H24N2O5/c1-3-28-15-11-9-14(10-12-15)23-20(25)17-13-18(17)21(26)24-19-8-6-5-7-16(19)22(27)29-4-2/h5-12,17-18H,3-4,13H2,1-2H3,(H,23,25)(H,24,26). The fraction of sp³-hybridized carbons (Fsp3) is 0.318. The van der Waals surface area contributed by atoms with E-state index in [2.05, 4.69) is 10.6 Å². The van der Waals surface area contributed by atoms with E-state index >= 15 is 0 Å². The van der Waals surface area contributed by atoms with E-state index < -0.39 is 17.8 Å². The van der Waals surface area contributed by atoms with Crippen molar-refractivity contribution in [2.75, 3.05) is 23.8 Å². The summed E-state index contributed by atoms with van der Waals surface area (Å²) in [4.78, 5) is 37.0. The van der Waals surface area contributed by atoms with Crippen LogP contribution < -0.4 is 15.4 Å². The van der Waals surface area contributed by atoms with Crippen LogP contribution in [0.5, 0.6) is 5.75 Å². The molecule has 0 bridgehead atoms. The SMILES string of the molecule is CCOC(=O)c1ccccc1NC(=O)C1CC1C(=O)Nc1ccc(OCC)cc1. The van der Waals surface area contributed by atoms with Crippen molar-refractivity contribution >= 4 is 29.2 Å². The summed E-state index contributed by atoms with van der Waals surface area (Å²) < 4.78 is 10.4. The number of amides is 2. The topological polar surface area (TPSA) is 93.7 Å². The zero-order valence-electron chi connectivity index (χ0n) is 16.4. The Bertz CT molecular complexity index is 894. The number of hydrogen-bond acceptors (Lipinski definition) is 5. The minimum atomic E-state index is -0.496. The predicted octanol–water partition coefficient (Wildman–Crippen LogP) is 3.48. The van der Waals surface area contributed by atoms with Gasteiger partial charge in [-0.25, -0.2) is 4.79 Å². The van der Waals surface area contributed by atoms with Gasteiger partial charge >= 0.3 is 5.97 Å². The molecule has 152 valence electrons. The van der Waals surface area contributed by atoms with E-state index in [0.29, 0.717) is 30.0 Å². The zero-order valence-corrected chi connectivity index (χ0v) is 16.4. The second-order valence-corrected chi connectivity index (χ2v) is 6.65. The molecule has 0 saturated heterocycles. The lowest BCUT2D eigenvalue weighted by Gasteiger charge is -2.10. The number of carbonyl (C=O) groups is 3. The lowest BCUT2D eigenvalue weighted by molar-refractivity contribution is -0.122. The van der Waals surface area contributed by atoms with Crippen LogP contribution in [0.25, 0.3) is 0 Å². The average Bonchev–Trinajstić information content (AvgIpc) is 3.51. The number of anilines is 2. The Hall–Kier alpha value is -3.35. The highest BCUT2D eigenvalue weighted by atomic mass is 16.5. The maximum absolute atomic E-state index is 12.5. The Morgan fingerprint density at radius 2 is 1.55 bits per heavy atom. The van der Waals surface area contributed by atoms with Gasteiger partial charge in [-0.05, 0) is 56.7 Å². The first kappa shape index (κ1) is 20.4. The van der Waals surface area contributed by atoms with Gasteiger partial charge in [0.1, 0.15) is 5.75 Å². The van der Waals surface area contributed by atoms with Crippen molar-refractivity contribution in [3.8, 4) is 5.75 Å². The Kier molecular flexibility index (Phi) is 6.49. The second-order valence-electron chi connectivity index (χ2n) is 6.65. The molecular formula is C22H24N2O5. The Morgan fingerprint density at radius 1 is 0.897 bits per heavy atom. The highest BCUT2D eigenvalue weighted by Crippen LogP contribution is 2.40. The van der Waals surface area contributed by atoms with Gasteiger partial charge in [0, 0.05) is 5.69 Å². The number of benzene rings is 2. The molecule has 2 aromatic rings. The molecule has 0 aliphatic heterocycles. The van der Waals surface area contributed by atoms with Gasteiger partial charge in [-0.3, -0.25) is 9.59 Å². The molecule has 1 aliphatic carbocycles. The largest absolute Gasteiger partial charge is 0.494 e. The number of carbonyl (C=O) groups excluding carboxylic acids is 3. The number of para-hydroxylation sites is 1. The highest BCUT2D eigenvalue weighted by Gasteiger charge is 2.48. The van der Waals surface area contributed by atoms with E-state index in [-0.39, 0.29) is 18.4 Å². The quantitative estimate of drug-likeness (QED) is 0.667.